The Morgan fingerprint density at radius 2 is 1.96 bits per heavy atom. The van der Waals surface area contributed by atoms with Crippen LogP contribution in [0.4, 0.5) is 0 Å². The summed E-state index contributed by atoms with van der Waals surface area (Å²) in [5, 5.41) is 0.145. The lowest BCUT2D eigenvalue weighted by Crippen LogP contribution is -2.36. The molecule has 1 amide bonds. The first-order valence-corrected chi connectivity index (χ1v) is 9.57. The van der Waals surface area contributed by atoms with Crippen LogP contribution in [0.5, 0.6) is 0 Å². The van der Waals surface area contributed by atoms with Crippen LogP contribution in [0.1, 0.15) is 30.6 Å². The van der Waals surface area contributed by atoms with Gasteiger partial charge in [0, 0.05) is 13.1 Å². The van der Waals surface area contributed by atoms with Crippen molar-refractivity contribution in [1.82, 2.24) is 9.62 Å². The number of nitrogens with one attached hydrogen (secondary N) is 1. The van der Waals surface area contributed by atoms with Crippen LogP contribution in [-0.2, 0) is 19.6 Å². The van der Waals surface area contributed by atoms with Crippen molar-refractivity contribution in [3.8, 4) is 0 Å². The first-order valence-electron chi connectivity index (χ1n) is 7.71. The fourth-order valence-electron chi connectivity index (χ4n) is 2.17. The van der Waals surface area contributed by atoms with Gasteiger partial charge >= 0.3 is 5.97 Å². The van der Waals surface area contributed by atoms with Gasteiger partial charge in [0.05, 0.1) is 29.0 Å². The molecular formula is C16H23ClN2O5S. The number of amides is 1. The van der Waals surface area contributed by atoms with Crippen molar-refractivity contribution < 1.29 is 22.7 Å². The number of methoxy groups -OCH3 is 1. The number of hydrogen-bond donors (Lipinski definition) is 1. The van der Waals surface area contributed by atoms with E-state index in [2.05, 4.69) is 9.46 Å². The summed E-state index contributed by atoms with van der Waals surface area (Å²) in [5.41, 5.74) is 0.0727. The molecule has 25 heavy (non-hydrogen) atoms. The lowest BCUT2D eigenvalue weighted by Gasteiger charge is -2.25. The Morgan fingerprint density at radius 1 is 1.32 bits per heavy atom. The van der Waals surface area contributed by atoms with Gasteiger partial charge in [-0.05, 0) is 31.2 Å². The summed E-state index contributed by atoms with van der Waals surface area (Å²) in [6, 6.07) is 3.93. The molecule has 140 valence electrons. The van der Waals surface area contributed by atoms with Gasteiger partial charge in [-0.2, -0.15) is 0 Å². The molecule has 0 aliphatic carbocycles. The molecule has 0 aliphatic rings. The van der Waals surface area contributed by atoms with Crippen molar-refractivity contribution >= 4 is 33.5 Å². The summed E-state index contributed by atoms with van der Waals surface area (Å²) < 4.78 is 30.7. The minimum Gasteiger partial charge on any atom is -0.469 e. The molecule has 0 saturated heterocycles. The van der Waals surface area contributed by atoms with E-state index in [1.807, 2.05) is 13.8 Å². The van der Waals surface area contributed by atoms with Gasteiger partial charge in [-0.1, -0.05) is 25.4 Å². The molecule has 0 bridgehead atoms. The molecule has 1 aromatic rings. The lowest BCUT2D eigenvalue weighted by molar-refractivity contribution is -0.140. The summed E-state index contributed by atoms with van der Waals surface area (Å²) in [5.74, 6) is -0.709. The standard InChI is InChI=1S/C16H23ClN2O5S/c1-11(2)10-19(8-7-15(20)24-4)16(21)13-9-12(5-6-14(13)17)25(22,23)18-3/h5-6,9,11,18H,7-8,10H2,1-4H3. The minimum absolute atomic E-state index is 0.0427. The van der Waals surface area contributed by atoms with Crippen LogP contribution >= 0.6 is 11.6 Å². The van der Waals surface area contributed by atoms with Gasteiger partial charge in [0.2, 0.25) is 10.0 Å². The number of rotatable bonds is 8. The summed E-state index contributed by atoms with van der Waals surface area (Å²) >= 11 is 6.10. The van der Waals surface area contributed by atoms with Crippen LogP contribution < -0.4 is 4.72 Å². The molecule has 1 rings (SSSR count). The quantitative estimate of drug-likeness (QED) is 0.684. The zero-order chi connectivity index (χ0) is 19.2. The minimum atomic E-state index is -3.70. The number of carbonyl (C=O) groups is 2. The average molecular weight is 391 g/mol. The Labute approximate surface area is 153 Å². The van der Waals surface area contributed by atoms with Crippen LogP contribution in [0.15, 0.2) is 23.1 Å². The number of halogens is 1. The number of sulfonamides is 1. The number of ether oxygens (including phenoxy) is 1. The molecule has 0 unspecified atom stereocenters. The number of benzene rings is 1. The Balaban J connectivity index is 3.18. The Hall–Kier alpha value is -1.64. The second-order valence-corrected chi connectivity index (χ2v) is 8.11. The van der Waals surface area contributed by atoms with E-state index >= 15 is 0 Å². The molecule has 0 spiro atoms. The first-order chi connectivity index (χ1) is 11.6. The van der Waals surface area contributed by atoms with Gasteiger partial charge in [-0.3, -0.25) is 9.59 Å². The Morgan fingerprint density at radius 3 is 2.48 bits per heavy atom. The van der Waals surface area contributed by atoms with Crippen LogP contribution in [0.25, 0.3) is 0 Å². The van der Waals surface area contributed by atoms with Gasteiger partial charge in [0.1, 0.15) is 0 Å². The van der Waals surface area contributed by atoms with E-state index in [0.29, 0.717) is 6.54 Å². The van der Waals surface area contributed by atoms with E-state index in [0.717, 1.165) is 0 Å². The fraction of sp³-hybridized carbons (Fsp3) is 0.500. The maximum Gasteiger partial charge on any atom is 0.307 e. The smallest absolute Gasteiger partial charge is 0.307 e. The van der Waals surface area contributed by atoms with Crippen molar-refractivity contribution in [2.75, 3.05) is 27.2 Å². The molecular weight excluding hydrogens is 368 g/mol. The molecule has 1 N–H and O–H groups in total. The topological polar surface area (TPSA) is 92.8 Å². The summed E-state index contributed by atoms with van der Waals surface area (Å²) in [7, 11) is -1.14. The number of carbonyl (C=O) groups excluding carboxylic acids is 2. The Kier molecular flexibility index (Phi) is 7.85. The molecule has 0 heterocycles. The fourth-order valence-corrected chi connectivity index (χ4v) is 3.12. The van der Waals surface area contributed by atoms with E-state index in [9.17, 15) is 18.0 Å². The van der Waals surface area contributed by atoms with E-state index in [-0.39, 0.29) is 34.4 Å². The van der Waals surface area contributed by atoms with Crippen molar-refractivity contribution in [1.29, 1.82) is 0 Å². The molecule has 0 atom stereocenters. The monoisotopic (exact) mass is 390 g/mol. The Bertz CT molecular complexity index is 734. The third-order valence-corrected chi connectivity index (χ3v) is 5.18. The van der Waals surface area contributed by atoms with Gasteiger partial charge in [0.15, 0.2) is 0 Å². The largest absolute Gasteiger partial charge is 0.469 e. The predicted octanol–water partition coefficient (Wildman–Crippen LogP) is 1.91. The van der Waals surface area contributed by atoms with Crippen LogP contribution in [-0.4, -0.2) is 52.4 Å². The lowest BCUT2D eigenvalue weighted by atomic mass is 10.1. The maximum absolute atomic E-state index is 12.8. The van der Waals surface area contributed by atoms with Gasteiger partial charge in [0.25, 0.3) is 5.91 Å². The second kappa shape index (κ2) is 9.17. The molecule has 0 radical (unpaired) electrons. The predicted molar refractivity (Wildman–Crippen MR) is 95.1 cm³/mol. The zero-order valence-electron chi connectivity index (χ0n) is 14.7. The van der Waals surface area contributed by atoms with Crippen LogP contribution in [0.3, 0.4) is 0 Å². The molecule has 0 saturated carbocycles. The normalized spacial score (nSPS) is 11.4. The molecule has 1 aromatic carbocycles. The molecule has 0 fully saturated rings. The summed E-state index contributed by atoms with van der Waals surface area (Å²) in [6.07, 6.45) is 0.0427. The van der Waals surface area contributed by atoms with E-state index < -0.39 is 21.9 Å². The highest BCUT2D eigenvalue weighted by Crippen LogP contribution is 2.22. The second-order valence-electron chi connectivity index (χ2n) is 5.82. The van der Waals surface area contributed by atoms with E-state index in [1.165, 1.54) is 37.3 Å². The van der Waals surface area contributed by atoms with Gasteiger partial charge in [-0.25, -0.2) is 13.1 Å². The van der Waals surface area contributed by atoms with Crippen LogP contribution in [0, 0.1) is 5.92 Å². The zero-order valence-corrected chi connectivity index (χ0v) is 16.3. The molecule has 9 heteroatoms. The van der Waals surface area contributed by atoms with Crippen molar-refractivity contribution in [3.63, 3.8) is 0 Å². The molecule has 7 nitrogen and oxygen atoms in total. The van der Waals surface area contributed by atoms with Gasteiger partial charge in [-0.15, -0.1) is 0 Å². The number of esters is 1. The van der Waals surface area contributed by atoms with Crippen molar-refractivity contribution in [3.05, 3.63) is 28.8 Å². The average Bonchev–Trinajstić information content (AvgIpc) is 2.57. The van der Waals surface area contributed by atoms with Crippen molar-refractivity contribution in [2.45, 2.75) is 25.2 Å². The third kappa shape index (κ3) is 5.98. The number of nitrogens with zero attached hydrogens (tertiary/aromatic N) is 1. The van der Waals surface area contributed by atoms with E-state index in [1.54, 1.807) is 0 Å². The van der Waals surface area contributed by atoms with Crippen molar-refractivity contribution in [2.24, 2.45) is 5.92 Å². The maximum atomic E-state index is 12.8. The highest BCUT2D eigenvalue weighted by atomic mass is 35.5. The highest BCUT2D eigenvalue weighted by Gasteiger charge is 2.23. The molecule has 0 aliphatic heterocycles. The highest BCUT2D eigenvalue weighted by molar-refractivity contribution is 7.89. The summed E-state index contributed by atoms with van der Waals surface area (Å²) in [6.45, 7) is 4.42. The van der Waals surface area contributed by atoms with E-state index in [4.69, 9.17) is 11.6 Å². The first kappa shape index (κ1) is 21.4. The SMILES string of the molecule is CNS(=O)(=O)c1ccc(Cl)c(C(=O)N(CCC(=O)OC)CC(C)C)c1. The third-order valence-electron chi connectivity index (χ3n) is 3.43. The van der Waals surface area contributed by atoms with Gasteiger partial charge < -0.3 is 9.64 Å². The summed E-state index contributed by atoms with van der Waals surface area (Å²) in [4.78, 5) is 25.6. The van der Waals surface area contributed by atoms with Crippen LogP contribution in [0.2, 0.25) is 5.02 Å². The number of hydrogen-bond acceptors (Lipinski definition) is 5. The molecule has 0 aromatic heterocycles.